The topological polar surface area (TPSA) is 54.4 Å². The standard InChI is InChI=1S/C16H20O3S/c1-3-6-12-8-5-9-14-15(20(17,18)19)11-10-13(7-4-2)16(12)14/h5,8-11H,3-4,6-7H2,1-2H3,(H,17,18,19). The normalized spacial score (nSPS) is 11.9. The highest BCUT2D eigenvalue weighted by Gasteiger charge is 2.17. The Morgan fingerprint density at radius 1 is 0.950 bits per heavy atom. The third-order valence-corrected chi connectivity index (χ3v) is 4.40. The summed E-state index contributed by atoms with van der Waals surface area (Å²) in [4.78, 5) is 0.00491. The zero-order valence-corrected chi connectivity index (χ0v) is 12.7. The molecule has 0 spiro atoms. The maximum Gasteiger partial charge on any atom is 0.295 e. The van der Waals surface area contributed by atoms with Crippen LogP contribution in [0.2, 0.25) is 0 Å². The second-order valence-electron chi connectivity index (χ2n) is 5.04. The van der Waals surface area contributed by atoms with Crippen molar-refractivity contribution >= 4 is 20.9 Å². The van der Waals surface area contributed by atoms with E-state index in [0.717, 1.165) is 42.2 Å². The summed E-state index contributed by atoms with van der Waals surface area (Å²) in [6.45, 7) is 4.20. The summed E-state index contributed by atoms with van der Waals surface area (Å²) >= 11 is 0. The van der Waals surface area contributed by atoms with Crippen molar-refractivity contribution in [1.82, 2.24) is 0 Å². The van der Waals surface area contributed by atoms with E-state index in [9.17, 15) is 13.0 Å². The molecule has 0 bridgehead atoms. The monoisotopic (exact) mass is 292 g/mol. The van der Waals surface area contributed by atoms with Crippen LogP contribution in [0.3, 0.4) is 0 Å². The predicted octanol–water partition coefficient (Wildman–Crippen LogP) is 3.99. The molecule has 0 saturated carbocycles. The van der Waals surface area contributed by atoms with Crippen molar-refractivity contribution in [2.24, 2.45) is 0 Å². The highest BCUT2D eigenvalue weighted by atomic mass is 32.2. The maximum atomic E-state index is 11.5. The van der Waals surface area contributed by atoms with Gasteiger partial charge in [0.05, 0.1) is 0 Å². The van der Waals surface area contributed by atoms with Gasteiger partial charge in [-0.1, -0.05) is 51.0 Å². The lowest BCUT2D eigenvalue weighted by molar-refractivity contribution is 0.484. The molecule has 0 unspecified atom stereocenters. The fourth-order valence-corrected chi connectivity index (χ4v) is 3.40. The molecule has 1 N–H and O–H groups in total. The third-order valence-electron chi connectivity index (χ3n) is 3.49. The van der Waals surface area contributed by atoms with E-state index in [1.165, 1.54) is 6.07 Å². The average molecular weight is 292 g/mol. The van der Waals surface area contributed by atoms with Crippen molar-refractivity contribution in [2.75, 3.05) is 0 Å². The van der Waals surface area contributed by atoms with Crippen molar-refractivity contribution < 1.29 is 13.0 Å². The van der Waals surface area contributed by atoms with E-state index in [1.807, 2.05) is 18.2 Å². The van der Waals surface area contributed by atoms with E-state index >= 15 is 0 Å². The van der Waals surface area contributed by atoms with E-state index in [-0.39, 0.29) is 4.90 Å². The molecular weight excluding hydrogens is 272 g/mol. The van der Waals surface area contributed by atoms with Crippen molar-refractivity contribution in [3.8, 4) is 0 Å². The van der Waals surface area contributed by atoms with E-state index in [4.69, 9.17) is 0 Å². The van der Waals surface area contributed by atoms with Crippen LogP contribution in [-0.4, -0.2) is 13.0 Å². The van der Waals surface area contributed by atoms with Crippen LogP contribution >= 0.6 is 0 Å². The molecule has 0 aromatic heterocycles. The number of aryl methyl sites for hydroxylation is 2. The minimum absolute atomic E-state index is 0.00491. The Kier molecular flexibility index (Phi) is 4.45. The van der Waals surface area contributed by atoms with Gasteiger partial charge in [0.25, 0.3) is 10.1 Å². The Morgan fingerprint density at radius 2 is 1.55 bits per heavy atom. The molecule has 20 heavy (non-hydrogen) atoms. The lowest BCUT2D eigenvalue weighted by Gasteiger charge is -2.13. The molecule has 2 aromatic rings. The zero-order chi connectivity index (χ0) is 14.8. The van der Waals surface area contributed by atoms with Crippen LogP contribution in [0.1, 0.15) is 37.8 Å². The van der Waals surface area contributed by atoms with Gasteiger partial charge in [-0.3, -0.25) is 4.55 Å². The largest absolute Gasteiger partial charge is 0.295 e. The van der Waals surface area contributed by atoms with Crippen molar-refractivity contribution in [1.29, 1.82) is 0 Å². The third kappa shape index (κ3) is 2.86. The summed E-state index contributed by atoms with van der Waals surface area (Å²) in [5, 5.41) is 1.62. The summed E-state index contributed by atoms with van der Waals surface area (Å²) in [5.41, 5.74) is 2.30. The first kappa shape index (κ1) is 15.0. The van der Waals surface area contributed by atoms with E-state index in [0.29, 0.717) is 5.39 Å². The predicted molar refractivity (Wildman–Crippen MR) is 81.8 cm³/mol. The molecule has 0 fully saturated rings. The van der Waals surface area contributed by atoms with Crippen LogP contribution in [0.5, 0.6) is 0 Å². The van der Waals surface area contributed by atoms with E-state index in [2.05, 4.69) is 13.8 Å². The molecule has 0 radical (unpaired) electrons. The molecule has 0 heterocycles. The van der Waals surface area contributed by atoms with Gasteiger partial charge in [0.1, 0.15) is 4.90 Å². The number of rotatable bonds is 5. The highest BCUT2D eigenvalue weighted by molar-refractivity contribution is 7.86. The minimum Gasteiger partial charge on any atom is -0.282 e. The molecule has 108 valence electrons. The molecule has 4 heteroatoms. The van der Waals surface area contributed by atoms with Gasteiger partial charge >= 0.3 is 0 Å². The number of fused-ring (bicyclic) bond motifs is 1. The fourth-order valence-electron chi connectivity index (χ4n) is 2.71. The quantitative estimate of drug-likeness (QED) is 0.848. The molecule has 2 rings (SSSR count). The van der Waals surface area contributed by atoms with Crippen molar-refractivity contribution in [2.45, 2.75) is 44.4 Å². The molecule has 0 atom stereocenters. The number of hydrogen-bond donors (Lipinski definition) is 1. The van der Waals surface area contributed by atoms with Gasteiger partial charge in [-0.05, 0) is 35.4 Å². The van der Waals surface area contributed by atoms with Gasteiger partial charge in [-0.2, -0.15) is 8.42 Å². The Bertz CT molecular complexity index is 706. The van der Waals surface area contributed by atoms with Gasteiger partial charge in [-0.15, -0.1) is 0 Å². The first-order valence-corrected chi connectivity index (χ1v) is 8.44. The molecule has 0 amide bonds. The Hall–Kier alpha value is -1.39. The first-order valence-electron chi connectivity index (χ1n) is 7.00. The van der Waals surface area contributed by atoms with Gasteiger partial charge in [0.15, 0.2) is 0 Å². The smallest absolute Gasteiger partial charge is 0.282 e. The average Bonchev–Trinajstić information content (AvgIpc) is 2.38. The van der Waals surface area contributed by atoms with E-state index < -0.39 is 10.1 Å². The van der Waals surface area contributed by atoms with Gasteiger partial charge in [0.2, 0.25) is 0 Å². The number of hydrogen-bond acceptors (Lipinski definition) is 2. The maximum absolute atomic E-state index is 11.5. The Balaban J connectivity index is 2.84. The molecule has 0 aliphatic rings. The SMILES string of the molecule is CCCc1cccc2c(S(=O)(=O)O)ccc(CCC)c12. The molecule has 0 aliphatic heterocycles. The number of benzene rings is 2. The summed E-state index contributed by atoms with van der Waals surface area (Å²) in [7, 11) is -4.19. The second-order valence-corrected chi connectivity index (χ2v) is 6.43. The Labute approximate surface area is 120 Å². The lowest BCUT2D eigenvalue weighted by Crippen LogP contribution is -2.02. The van der Waals surface area contributed by atoms with Gasteiger partial charge < -0.3 is 0 Å². The molecule has 0 saturated heterocycles. The summed E-state index contributed by atoms with van der Waals surface area (Å²) in [6, 6.07) is 9.01. The molecule has 0 aliphatic carbocycles. The highest BCUT2D eigenvalue weighted by Crippen LogP contribution is 2.30. The Morgan fingerprint density at radius 3 is 2.10 bits per heavy atom. The van der Waals surface area contributed by atoms with Crippen LogP contribution in [0.4, 0.5) is 0 Å². The molecular formula is C16H20O3S. The first-order chi connectivity index (χ1) is 9.49. The lowest BCUT2D eigenvalue weighted by atomic mass is 9.94. The minimum atomic E-state index is -4.19. The second kappa shape index (κ2) is 5.94. The van der Waals surface area contributed by atoms with Crippen LogP contribution < -0.4 is 0 Å². The van der Waals surface area contributed by atoms with Gasteiger partial charge in [0, 0.05) is 5.39 Å². The van der Waals surface area contributed by atoms with Crippen LogP contribution in [-0.2, 0) is 23.0 Å². The molecule has 2 aromatic carbocycles. The van der Waals surface area contributed by atoms with Crippen LogP contribution in [0, 0.1) is 0 Å². The zero-order valence-electron chi connectivity index (χ0n) is 11.9. The van der Waals surface area contributed by atoms with Crippen LogP contribution in [0.25, 0.3) is 10.8 Å². The fraction of sp³-hybridized carbons (Fsp3) is 0.375. The van der Waals surface area contributed by atoms with Crippen LogP contribution in [0.15, 0.2) is 35.2 Å². The van der Waals surface area contributed by atoms with Crippen molar-refractivity contribution in [3.05, 3.63) is 41.5 Å². The summed E-state index contributed by atoms with van der Waals surface area (Å²) in [5.74, 6) is 0. The van der Waals surface area contributed by atoms with Gasteiger partial charge in [-0.25, -0.2) is 0 Å². The van der Waals surface area contributed by atoms with E-state index in [1.54, 1.807) is 6.07 Å². The van der Waals surface area contributed by atoms with Crippen molar-refractivity contribution in [3.63, 3.8) is 0 Å². The summed E-state index contributed by atoms with van der Waals surface area (Å²) < 4.78 is 32.5. The molecule has 3 nitrogen and oxygen atoms in total. The summed E-state index contributed by atoms with van der Waals surface area (Å²) in [6.07, 6.45) is 3.81.